The molecule has 1 saturated carbocycles. The number of methoxy groups -OCH3 is 1. The molecule has 1 aromatic rings. The van der Waals surface area contributed by atoms with Gasteiger partial charge in [-0.15, -0.1) is 0 Å². The average molecular weight is 254 g/mol. The molecule has 4 heteroatoms. The summed E-state index contributed by atoms with van der Waals surface area (Å²) in [6.07, 6.45) is 2.13. The molecule has 1 saturated heterocycles. The van der Waals surface area contributed by atoms with Crippen LogP contribution in [-0.4, -0.2) is 23.1 Å². The predicted molar refractivity (Wildman–Crippen MR) is 68.9 cm³/mol. The molecule has 1 spiro atoms. The van der Waals surface area contributed by atoms with Crippen molar-refractivity contribution in [3.63, 3.8) is 0 Å². The maximum Gasteiger partial charge on any atom is 0.118 e. The molecular weight excluding hydrogens is 240 g/mol. The van der Waals surface area contributed by atoms with Gasteiger partial charge in [-0.1, -0.05) is 33.7 Å². The Morgan fingerprint density at radius 1 is 1.31 bits per heavy atom. The van der Waals surface area contributed by atoms with Gasteiger partial charge < -0.3 is 9.84 Å². The fraction of sp³-hybridized carbons (Fsp3) is 0.500. The highest BCUT2D eigenvalue weighted by atomic mass is 33.1. The zero-order valence-electron chi connectivity index (χ0n) is 9.05. The van der Waals surface area contributed by atoms with Crippen LogP contribution in [0.5, 0.6) is 5.75 Å². The number of hydrogen-bond donors (Lipinski definition) is 1. The maximum atomic E-state index is 10.3. The van der Waals surface area contributed by atoms with Gasteiger partial charge in [0, 0.05) is 0 Å². The topological polar surface area (TPSA) is 29.5 Å². The molecule has 0 amide bonds. The molecule has 3 rings (SSSR count). The zero-order chi connectivity index (χ0) is 11.2. The molecule has 1 aliphatic heterocycles. The lowest BCUT2D eigenvalue weighted by Gasteiger charge is -2.16. The Labute approximate surface area is 103 Å². The van der Waals surface area contributed by atoms with Crippen LogP contribution < -0.4 is 4.74 Å². The van der Waals surface area contributed by atoms with Crippen molar-refractivity contribution in [2.75, 3.05) is 7.11 Å². The molecule has 2 fully saturated rings. The lowest BCUT2D eigenvalue weighted by molar-refractivity contribution is 0.164. The second-order valence-electron chi connectivity index (χ2n) is 4.38. The Balaban J connectivity index is 1.81. The van der Waals surface area contributed by atoms with Crippen LogP contribution in [0.4, 0.5) is 0 Å². The first-order chi connectivity index (χ1) is 7.75. The SMILES string of the molecule is COc1ccc(C2SSC3(CC3)C2O)cc1. The molecule has 2 aliphatic rings. The highest BCUT2D eigenvalue weighted by Gasteiger charge is 2.57. The Bertz CT molecular complexity index is 387. The number of aliphatic hydroxyl groups excluding tert-OH is 1. The number of hydrogen-bond acceptors (Lipinski definition) is 4. The van der Waals surface area contributed by atoms with E-state index in [9.17, 15) is 5.11 Å². The van der Waals surface area contributed by atoms with Gasteiger partial charge in [-0.05, 0) is 30.5 Å². The van der Waals surface area contributed by atoms with E-state index in [1.54, 1.807) is 7.11 Å². The highest BCUT2D eigenvalue weighted by molar-refractivity contribution is 8.77. The Morgan fingerprint density at radius 2 is 2.00 bits per heavy atom. The van der Waals surface area contributed by atoms with Gasteiger partial charge in [0.2, 0.25) is 0 Å². The molecule has 1 aliphatic carbocycles. The monoisotopic (exact) mass is 254 g/mol. The van der Waals surface area contributed by atoms with Crippen LogP contribution in [0.3, 0.4) is 0 Å². The summed E-state index contributed by atoms with van der Waals surface area (Å²) in [5.41, 5.74) is 1.20. The minimum atomic E-state index is -0.198. The third-order valence-electron chi connectivity index (χ3n) is 3.33. The summed E-state index contributed by atoms with van der Waals surface area (Å²) in [7, 11) is 5.35. The van der Waals surface area contributed by atoms with E-state index in [1.165, 1.54) is 18.4 Å². The highest BCUT2D eigenvalue weighted by Crippen LogP contribution is 2.68. The van der Waals surface area contributed by atoms with E-state index in [-0.39, 0.29) is 16.1 Å². The molecule has 0 bridgehead atoms. The molecule has 2 atom stereocenters. The Hall–Kier alpha value is -0.320. The lowest BCUT2D eigenvalue weighted by atomic mass is 10.0. The molecular formula is C12H14O2S2. The van der Waals surface area contributed by atoms with Gasteiger partial charge in [0.25, 0.3) is 0 Å². The molecule has 0 radical (unpaired) electrons. The van der Waals surface area contributed by atoms with Crippen LogP contribution in [0.2, 0.25) is 0 Å². The van der Waals surface area contributed by atoms with Gasteiger partial charge in [0.05, 0.1) is 23.2 Å². The first-order valence-corrected chi connectivity index (χ1v) is 7.63. The minimum absolute atomic E-state index is 0.176. The molecule has 0 aromatic heterocycles. The van der Waals surface area contributed by atoms with E-state index in [4.69, 9.17) is 4.74 Å². The number of rotatable bonds is 2. The first kappa shape index (κ1) is 10.8. The van der Waals surface area contributed by atoms with Crippen molar-refractivity contribution in [3.05, 3.63) is 29.8 Å². The van der Waals surface area contributed by atoms with Crippen LogP contribution in [-0.2, 0) is 0 Å². The van der Waals surface area contributed by atoms with Crippen molar-refractivity contribution in [3.8, 4) is 5.75 Å². The van der Waals surface area contributed by atoms with E-state index in [0.29, 0.717) is 0 Å². The third kappa shape index (κ3) is 1.63. The van der Waals surface area contributed by atoms with Gasteiger partial charge in [-0.25, -0.2) is 0 Å². The van der Waals surface area contributed by atoms with Crippen LogP contribution in [0.1, 0.15) is 23.7 Å². The summed E-state index contributed by atoms with van der Waals surface area (Å²) in [4.78, 5) is 0. The van der Waals surface area contributed by atoms with E-state index in [1.807, 2.05) is 33.7 Å². The lowest BCUT2D eigenvalue weighted by Crippen LogP contribution is -2.23. The number of ether oxygens (including phenoxy) is 1. The molecule has 2 unspecified atom stereocenters. The van der Waals surface area contributed by atoms with E-state index in [0.717, 1.165) is 5.75 Å². The van der Waals surface area contributed by atoms with Gasteiger partial charge in [-0.3, -0.25) is 0 Å². The van der Waals surface area contributed by atoms with E-state index in [2.05, 4.69) is 12.1 Å². The van der Waals surface area contributed by atoms with Crippen molar-refractivity contribution >= 4 is 21.6 Å². The first-order valence-electron chi connectivity index (χ1n) is 5.42. The standard InChI is InChI=1S/C12H14O2S2/c1-14-9-4-2-8(3-5-9)10-11(13)12(6-7-12)16-15-10/h2-5,10-11,13H,6-7H2,1H3. The van der Waals surface area contributed by atoms with Crippen molar-refractivity contribution in [1.82, 2.24) is 0 Å². The van der Waals surface area contributed by atoms with Gasteiger partial charge in [0.15, 0.2) is 0 Å². The molecule has 1 aromatic carbocycles. The predicted octanol–water partition coefficient (Wildman–Crippen LogP) is 3.02. The quantitative estimate of drug-likeness (QED) is 0.822. The summed E-state index contributed by atoms with van der Waals surface area (Å²) in [5.74, 6) is 0.870. The average Bonchev–Trinajstić information content (AvgIpc) is 3.04. The normalized spacial score (nSPS) is 30.6. The Kier molecular flexibility index (Phi) is 2.61. The Morgan fingerprint density at radius 3 is 2.50 bits per heavy atom. The van der Waals surface area contributed by atoms with Crippen LogP contribution >= 0.6 is 21.6 Å². The summed E-state index contributed by atoms with van der Waals surface area (Å²) < 4.78 is 5.31. The van der Waals surface area contributed by atoms with Crippen LogP contribution in [0.25, 0.3) is 0 Å². The molecule has 1 heterocycles. The van der Waals surface area contributed by atoms with Gasteiger partial charge in [-0.2, -0.15) is 0 Å². The fourth-order valence-electron chi connectivity index (χ4n) is 2.06. The molecule has 86 valence electrons. The second-order valence-corrected chi connectivity index (χ2v) is 7.14. The van der Waals surface area contributed by atoms with Crippen molar-refractivity contribution in [2.24, 2.45) is 0 Å². The zero-order valence-corrected chi connectivity index (χ0v) is 10.7. The molecule has 1 N–H and O–H groups in total. The van der Waals surface area contributed by atoms with E-state index >= 15 is 0 Å². The summed E-state index contributed by atoms with van der Waals surface area (Å²) in [6, 6.07) is 8.04. The van der Waals surface area contributed by atoms with Crippen molar-refractivity contribution in [1.29, 1.82) is 0 Å². The summed E-state index contributed by atoms with van der Waals surface area (Å²) >= 11 is 0. The van der Waals surface area contributed by atoms with Crippen LogP contribution in [0.15, 0.2) is 24.3 Å². The van der Waals surface area contributed by atoms with Gasteiger partial charge >= 0.3 is 0 Å². The molecule has 16 heavy (non-hydrogen) atoms. The van der Waals surface area contributed by atoms with Crippen LogP contribution in [0, 0.1) is 0 Å². The minimum Gasteiger partial charge on any atom is -0.497 e. The van der Waals surface area contributed by atoms with Crippen molar-refractivity contribution < 1.29 is 9.84 Å². The second kappa shape index (κ2) is 3.86. The summed E-state index contributed by atoms with van der Waals surface area (Å²) in [5, 5.41) is 10.5. The third-order valence-corrected chi connectivity index (χ3v) is 7.05. The maximum absolute atomic E-state index is 10.3. The summed E-state index contributed by atoms with van der Waals surface area (Å²) in [6.45, 7) is 0. The fourth-order valence-corrected chi connectivity index (χ4v) is 5.91. The smallest absolute Gasteiger partial charge is 0.118 e. The number of benzene rings is 1. The largest absolute Gasteiger partial charge is 0.497 e. The number of aliphatic hydroxyl groups is 1. The van der Waals surface area contributed by atoms with Gasteiger partial charge in [0.1, 0.15) is 5.75 Å². The van der Waals surface area contributed by atoms with E-state index < -0.39 is 0 Å². The molecule has 2 nitrogen and oxygen atoms in total. The van der Waals surface area contributed by atoms with Crippen molar-refractivity contribution in [2.45, 2.75) is 28.9 Å².